The smallest absolute Gasteiger partial charge is 0.131 e. The predicted molar refractivity (Wildman–Crippen MR) is 79.2 cm³/mol. The van der Waals surface area contributed by atoms with Crippen LogP contribution in [-0.2, 0) is 6.54 Å². The minimum Gasteiger partial charge on any atom is -0.311 e. The van der Waals surface area contributed by atoms with Crippen LogP contribution in [0.2, 0.25) is 0 Å². The standard InChI is InChI=1S/C16H27N3/c1-3-17-12-15-11-13(2)18-16(19-15)14-9-7-5-4-6-8-10-14/h11,14,17H,3-10,12H2,1-2H3. The van der Waals surface area contributed by atoms with Crippen molar-refractivity contribution >= 4 is 0 Å². The van der Waals surface area contributed by atoms with Crippen molar-refractivity contribution in [3.05, 3.63) is 23.3 Å². The van der Waals surface area contributed by atoms with Gasteiger partial charge in [-0.25, -0.2) is 9.97 Å². The highest BCUT2D eigenvalue weighted by molar-refractivity contribution is 5.12. The molecule has 0 unspecified atom stereocenters. The van der Waals surface area contributed by atoms with Crippen LogP contribution in [0.15, 0.2) is 6.07 Å². The molecule has 1 aromatic heterocycles. The molecule has 1 aromatic rings. The van der Waals surface area contributed by atoms with Gasteiger partial charge in [0.15, 0.2) is 0 Å². The molecule has 0 aromatic carbocycles. The fourth-order valence-corrected chi connectivity index (χ4v) is 2.90. The molecule has 3 nitrogen and oxygen atoms in total. The van der Waals surface area contributed by atoms with Gasteiger partial charge in [0.1, 0.15) is 5.82 Å². The molecule has 1 N–H and O–H groups in total. The summed E-state index contributed by atoms with van der Waals surface area (Å²) in [6, 6.07) is 2.11. The highest BCUT2D eigenvalue weighted by atomic mass is 14.9. The Morgan fingerprint density at radius 3 is 2.47 bits per heavy atom. The molecule has 1 fully saturated rings. The molecule has 1 aliphatic carbocycles. The van der Waals surface area contributed by atoms with Gasteiger partial charge in [-0.1, -0.05) is 39.0 Å². The zero-order valence-corrected chi connectivity index (χ0v) is 12.4. The quantitative estimate of drug-likeness (QED) is 0.897. The Bertz CT molecular complexity index is 382. The van der Waals surface area contributed by atoms with Crippen LogP contribution in [-0.4, -0.2) is 16.5 Å². The highest BCUT2D eigenvalue weighted by Gasteiger charge is 2.17. The third-order valence-electron chi connectivity index (χ3n) is 3.95. The first-order valence-corrected chi connectivity index (χ1v) is 7.84. The lowest BCUT2D eigenvalue weighted by Crippen LogP contribution is -2.16. The van der Waals surface area contributed by atoms with Crippen molar-refractivity contribution in [2.45, 2.75) is 71.3 Å². The minimum absolute atomic E-state index is 0.584. The molecule has 0 atom stereocenters. The summed E-state index contributed by atoms with van der Waals surface area (Å²) in [6.07, 6.45) is 9.38. The Balaban J connectivity index is 2.10. The summed E-state index contributed by atoms with van der Waals surface area (Å²) in [5.74, 6) is 1.68. The van der Waals surface area contributed by atoms with Crippen LogP contribution in [0.3, 0.4) is 0 Å². The Hall–Kier alpha value is -0.960. The van der Waals surface area contributed by atoms with Gasteiger partial charge in [-0.15, -0.1) is 0 Å². The Kier molecular flexibility index (Phi) is 5.77. The first-order valence-electron chi connectivity index (χ1n) is 7.84. The number of nitrogens with one attached hydrogen (secondary N) is 1. The summed E-state index contributed by atoms with van der Waals surface area (Å²) in [5, 5.41) is 3.35. The molecule has 1 heterocycles. The molecule has 2 rings (SSSR count). The minimum atomic E-state index is 0.584. The summed E-state index contributed by atoms with van der Waals surface area (Å²) in [7, 11) is 0. The van der Waals surface area contributed by atoms with E-state index in [1.807, 2.05) is 0 Å². The first kappa shape index (κ1) is 14.4. The maximum atomic E-state index is 4.79. The van der Waals surface area contributed by atoms with Gasteiger partial charge in [-0.3, -0.25) is 0 Å². The fraction of sp³-hybridized carbons (Fsp3) is 0.750. The monoisotopic (exact) mass is 261 g/mol. The Morgan fingerprint density at radius 2 is 1.79 bits per heavy atom. The molecule has 1 saturated carbocycles. The van der Waals surface area contributed by atoms with Gasteiger partial charge in [0.25, 0.3) is 0 Å². The van der Waals surface area contributed by atoms with Gasteiger partial charge >= 0.3 is 0 Å². The summed E-state index contributed by atoms with van der Waals surface area (Å²) in [6.45, 7) is 6.06. The molecule has 3 heteroatoms. The largest absolute Gasteiger partial charge is 0.311 e. The van der Waals surface area contributed by atoms with Gasteiger partial charge < -0.3 is 5.32 Å². The molecule has 0 spiro atoms. The fourth-order valence-electron chi connectivity index (χ4n) is 2.90. The van der Waals surface area contributed by atoms with E-state index in [4.69, 9.17) is 9.97 Å². The number of hydrogen-bond acceptors (Lipinski definition) is 3. The van der Waals surface area contributed by atoms with Crippen LogP contribution >= 0.6 is 0 Å². The van der Waals surface area contributed by atoms with Gasteiger partial charge in [0.05, 0.1) is 5.69 Å². The van der Waals surface area contributed by atoms with Crippen molar-refractivity contribution in [3.8, 4) is 0 Å². The van der Waals surface area contributed by atoms with Crippen LogP contribution < -0.4 is 5.32 Å². The van der Waals surface area contributed by atoms with Crippen molar-refractivity contribution in [1.29, 1.82) is 0 Å². The molecule has 0 amide bonds. The molecule has 19 heavy (non-hydrogen) atoms. The summed E-state index contributed by atoms with van der Waals surface area (Å²) in [4.78, 5) is 9.49. The maximum Gasteiger partial charge on any atom is 0.131 e. The third kappa shape index (κ3) is 4.57. The first-order chi connectivity index (χ1) is 9.29. The Morgan fingerprint density at radius 1 is 1.11 bits per heavy atom. The lowest BCUT2D eigenvalue weighted by molar-refractivity contribution is 0.440. The second kappa shape index (κ2) is 7.59. The average Bonchev–Trinajstić information content (AvgIpc) is 2.35. The van der Waals surface area contributed by atoms with Gasteiger partial charge in [0, 0.05) is 18.2 Å². The van der Waals surface area contributed by atoms with Crippen molar-refractivity contribution in [1.82, 2.24) is 15.3 Å². The summed E-state index contributed by atoms with van der Waals surface area (Å²) < 4.78 is 0. The summed E-state index contributed by atoms with van der Waals surface area (Å²) >= 11 is 0. The molecule has 0 bridgehead atoms. The normalized spacial score (nSPS) is 18.0. The second-order valence-corrected chi connectivity index (χ2v) is 5.68. The molecule has 106 valence electrons. The number of aromatic nitrogens is 2. The molecule has 0 aliphatic heterocycles. The van der Waals surface area contributed by atoms with E-state index < -0.39 is 0 Å². The van der Waals surface area contributed by atoms with Crippen LogP contribution in [0.4, 0.5) is 0 Å². The van der Waals surface area contributed by atoms with Crippen LogP contribution in [0.5, 0.6) is 0 Å². The van der Waals surface area contributed by atoms with Crippen molar-refractivity contribution < 1.29 is 0 Å². The van der Waals surface area contributed by atoms with Crippen LogP contribution in [0.25, 0.3) is 0 Å². The van der Waals surface area contributed by atoms with Crippen LogP contribution in [0, 0.1) is 6.92 Å². The number of rotatable bonds is 4. The predicted octanol–water partition coefficient (Wildman–Crippen LogP) is 3.72. The van der Waals surface area contributed by atoms with Gasteiger partial charge in [-0.2, -0.15) is 0 Å². The van der Waals surface area contributed by atoms with Gasteiger partial charge in [-0.05, 0) is 32.4 Å². The molecule has 0 saturated heterocycles. The van der Waals surface area contributed by atoms with E-state index in [1.165, 1.54) is 44.9 Å². The van der Waals surface area contributed by atoms with E-state index in [0.29, 0.717) is 5.92 Å². The molecule has 0 radical (unpaired) electrons. The van der Waals surface area contributed by atoms with E-state index in [0.717, 1.165) is 30.3 Å². The summed E-state index contributed by atoms with van der Waals surface area (Å²) in [5.41, 5.74) is 2.26. The maximum absolute atomic E-state index is 4.79. The second-order valence-electron chi connectivity index (χ2n) is 5.68. The number of hydrogen-bond donors (Lipinski definition) is 1. The van der Waals surface area contributed by atoms with Crippen molar-refractivity contribution in [2.24, 2.45) is 0 Å². The average molecular weight is 261 g/mol. The zero-order valence-electron chi connectivity index (χ0n) is 12.4. The van der Waals surface area contributed by atoms with E-state index in [9.17, 15) is 0 Å². The molecular weight excluding hydrogens is 234 g/mol. The molecular formula is C16H27N3. The van der Waals surface area contributed by atoms with Crippen LogP contribution in [0.1, 0.15) is 75.0 Å². The third-order valence-corrected chi connectivity index (χ3v) is 3.95. The number of aryl methyl sites for hydroxylation is 1. The van der Waals surface area contributed by atoms with Crippen molar-refractivity contribution in [2.75, 3.05) is 6.54 Å². The van der Waals surface area contributed by atoms with E-state index >= 15 is 0 Å². The molecule has 1 aliphatic rings. The lowest BCUT2D eigenvalue weighted by atomic mass is 9.90. The van der Waals surface area contributed by atoms with Gasteiger partial charge in [0.2, 0.25) is 0 Å². The Labute approximate surface area is 117 Å². The van der Waals surface area contributed by atoms with E-state index in [1.54, 1.807) is 0 Å². The van der Waals surface area contributed by atoms with E-state index in [2.05, 4.69) is 25.2 Å². The SMILES string of the molecule is CCNCc1cc(C)nc(C2CCCCCCC2)n1. The zero-order chi connectivity index (χ0) is 13.5. The van der Waals surface area contributed by atoms with E-state index in [-0.39, 0.29) is 0 Å². The highest BCUT2D eigenvalue weighted by Crippen LogP contribution is 2.29. The van der Waals surface area contributed by atoms with Crippen molar-refractivity contribution in [3.63, 3.8) is 0 Å². The topological polar surface area (TPSA) is 37.8 Å². The lowest BCUT2D eigenvalue weighted by Gasteiger charge is -2.19. The number of nitrogens with zero attached hydrogens (tertiary/aromatic N) is 2.